The molecule has 0 bridgehead atoms. The number of nitrogens with zero attached hydrogens (tertiary/aromatic N) is 1. The van der Waals surface area contributed by atoms with Gasteiger partial charge in [0.2, 0.25) is 0 Å². The lowest BCUT2D eigenvalue weighted by atomic mass is 10.2. The van der Waals surface area contributed by atoms with Gasteiger partial charge in [0.25, 0.3) is 0 Å². The molecular formula is C14H19NO. The first-order chi connectivity index (χ1) is 7.86. The molecule has 0 radical (unpaired) electrons. The number of likely N-dealkylation sites (N-methyl/N-ethyl adjacent to an activating group) is 1. The van der Waals surface area contributed by atoms with Crippen LogP contribution >= 0.6 is 0 Å². The molecule has 1 fully saturated rings. The van der Waals surface area contributed by atoms with E-state index in [0.717, 1.165) is 5.75 Å². The van der Waals surface area contributed by atoms with Gasteiger partial charge in [0.05, 0.1) is 0 Å². The summed E-state index contributed by atoms with van der Waals surface area (Å²) in [6, 6.07) is 10.5. The smallest absolute Gasteiger partial charge is 0.119 e. The fourth-order valence-corrected chi connectivity index (χ4v) is 2.05. The van der Waals surface area contributed by atoms with E-state index in [2.05, 4.69) is 24.1 Å². The molecule has 0 aromatic heterocycles. The number of para-hydroxylation sites is 1. The summed E-state index contributed by atoms with van der Waals surface area (Å²) in [7, 11) is 2.18. The van der Waals surface area contributed by atoms with E-state index in [0.29, 0.717) is 12.6 Å². The van der Waals surface area contributed by atoms with E-state index in [4.69, 9.17) is 4.74 Å². The molecule has 0 spiro atoms. The van der Waals surface area contributed by atoms with E-state index >= 15 is 0 Å². The van der Waals surface area contributed by atoms with Gasteiger partial charge in [-0.25, -0.2) is 0 Å². The van der Waals surface area contributed by atoms with Gasteiger partial charge >= 0.3 is 0 Å². The summed E-state index contributed by atoms with van der Waals surface area (Å²) in [5.41, 5.74) is 0. The van der Waals surface area contributed by atoms with Crippen LogP contribution in [0.3, 0.4) is 0 Å². The molecule has 0 saturated carbocycles. The summed E-state index contributed by atoms with van der Waals surface area (Å²) in [6.07, 6.45) is 6.97. The highest BCUT2D eigenvalue weighted by atomic mass is 16.5. The summed E-state index contributed by atoms with van der Waals surface area (Å²) in [4.78, 5) is 2.39. The zero-order chi connectivity index (χ0) is 11.2. The van der Waals surface area contributed by atoms with Gasteiger partial charge in [0.15, 0.2) is 0 Å². The Labute approximate surface area is 97.5 Å². The van der Waals surface area contributed by atoms with Gasteiger partial charge in [-0.2, -0.15) is 0 Å². The van der Waals surface area contributed by atoms with Crippen molar-refractivity contribution >= 4 is 0 Å². The number of ether oxygens (including phenoxy) is 1. The monoisotopic (exact) mass is 217 g/mol. The lowest BCUT2D eigenvalue weighted by Crippen LogP contribution is -2.22. The molecule has 2 nitrogen and oxygen atoms in total. The molecule has 86 valence electrons. The van der Waals surface area contributed by atoms with Crippen LogP contribution in [0.2, 0.25) is 0 Å². The Balaban J connectivity index is 1.73. The summed E-state index contributed by atoms with van der Waals surface area (Å²) in [6.45, 7) is 1.88. The SMILES string of the molecule is CN1CCCC1/C=C/COc1ccccc1. The average molecular weight is 217 g/mol. The quantitative estimate of drug-likeness (QED) is 0.719. The Morgan fingerprint density at radius 3 is 2.88 bits per heavy atom. The first-order valence-corrected chi connectivity index (χ1v) is 5.91. The highest BCUT2D eigenvalue weighted by molar-refractivity contribution is 5.21. The maximum atomic E-state index is 5.60. The van der Waals surface area contributed by atoms with Crippen molar-refractivity contribution in [1.82, 2.24) is 4.90 Å². The third kappa shape index (κ3) is 3.11. The maximum absolute atomic E-state index is 5.60. The first kappa shape index (κ1) is 11.2. The van der Waals surface area contributed by atoms with Crippen molar-refractivity contribution in [2.75, 3.05) is 20.2 Å². The number of likely N-dealkylation sites (tertiary alicyclic amines) is 1. The number of hydrogen-bond donors (Lipinski definition) is 0. The zero-order valence-electron chi connectivity index (χ0n) is 9.80. The Hall–Kier alpha value is -1.28. The average Bonchev–Trinajstić information content (AvgIpc) is 2.72. The molecule has 1 aromatic rings. The minimum absolute atomic E-state index is 0.611. The van der Waals surface area contributed by atoms with Crippen LogP contribution in [0.25, 0.3) is 0 Å². The van der Waals surface area contributed by atoms with Crippen LogP contribution in [0.1, 0.15) is 12.8 Å². The second-order valence-corrected chi connectivity index (χ2v) is 4.24. The van der Waals surface area contributed by atoms with Crippen molar-refractivity contribution < 1.29 is 4.74 Å². The fraction of sp³-hybridized carbons (Fsp3) is 0.429. The second-order valence-electron chi connectivity index (χ2n) is 4.24. The molecule has 0 amide bonds. The Morgan fingerprint density at radius 1 is 1.38 bits per heavy atom. The predicted octanol–water partition coefficient (Wildman–Crippen LogP) is 2.72. The summed E-state index contributed by atoms with van der Waals surface area (Å²) < 4.78 is 5.60. The molecule has 1 aliphatic heterocycles. The van der Waals surface area contributed by atoms with Crippen molar-refractivity contribution in [3.63, 3.8) is 0 Å². The molecule has 0 aliphatic carbocycles. The maximum Gasteiger partial charge on any atom is 0.119 e. The second kappa shape index (κ2) is 5.71. The van der Waals surface area contributed by atoms with Crippen LogP contribution < -0.4 is 4.74 Å². The predicted molar refractivity (Wildman–Crippen MR) is 66.7 cm³/mol. The van der Waals surface area contributed by atoms with Crippen LogP contribution in [0.5, 0.6) is 5.75 Å². The zero-order valence-corrected chi connectivity index (χ0v) is 9.80. The van der Waals surface area contributed by atoms with Gasteiger partial charge in [-0.1, -0.05) is 24.3 Å². The topological polar surface area (TPSA) is 12.5 Å². The third-order valence-electron chi connectivity index (χ3n) is 3.02. The number of benzene rings is 1. The highest BCUT2D eigenvalue weighted by Gasteiger charge is 2.17. The largest absolute Gasteiger partial charge is 0.490 e. The standard InChI is InChI=1S/C14H19NO/c1-15-11-5-7-13(15)8-6-12-16-14-9-3-2-4-10-14/h2-4,6,8-10,13H,5,7,11-12H2,1H3/b8-6+. The van der Waals surface area contributed by atoms with E-state index in [1.165, 1.54) is 19.4 Å². The molecule has 2 rings (SSSR count). The van der Waals surface area contributed by atoms with Crippen molar-refractivity contribution in [3.05, 3.63) is 42.5 Å². The Kier molecular flexibility index (Phi) is 4.00. The fourth-order valence-electron chi connectivity index (χ4n) is 2.05. The molecule has 2 heteroatoms. The highest BCUT2D eigenvalue weighted by Crippen LogP contribution is 2.15. The first-order valence-electron chi connectivity index (χ1n) is 5.91. The molecule has 16 heavy (non-hydrogen) atoms. The van der Waals surface area contributed by atoms with E-state index in [-0.39, 0.29) is 0 Å². The van der Waals surface area contributed by atoms with Crippen LogP contribution in [-0.4, -0.2) is 31.1 Å². The third-order valence-corrected chi connectivity index (χ3v) is 3.02. The van der Waals surface area contributed by atoms with Crippen molar-refractivity contribution in [1.29, 1.82) is 0 Å². The van der Waals surface area contributed by atoms with Crippen molar-refractivity contribution in [3.8, 4) is 5.75 Å². The van der Waals surface area contributed by atoms with Crippen molar-refractivity contribution in [2.45, 2.75) is 18.9 Å². The van der Waals surface area contributed by atoms with E-state index in [1.807, 2.05) is 30.3 Å². The minimum Gasteiger partial charge on any atom is -0.490 e. The van der Waals surface area contributed by atoms with Gasteiger partial charge in [-0.05, 0) is 44.6 Å². The molecule has 1 atom stereocenters. The van der Waals surface area contributed by atoms with Gasteiger partial charge in [-0.15, -0.1) is 0 Å². The Bertz CT molecular complexity index is 334. The number of rotatable bonds is 4. The molecule has 1 unspecified atom stereocenters. The molecule has 1 heterocycles. The Morgan fingerprint density at radius 2 is 2.19 bits per heavy atom. The van der Waals surface area contributed by atoms with E-state index < -0.39 is 0 Å². The summed E-state index contributed by atoms with van der Waals surface area (Å²) >= 11 is 0. The van der Waals surface area contributed by atoms with Crippen LogP contribution in [0.4, 0.5) is 0 Å². The van der Waals surface area contributed by atoms with Crippen LogP contribution in [0.15, 0.2) is 42.5 Å². The summed E-state index contributed by atoms with van der Waals surface area (Å²) in [5.74, 6) is 0.937. The van der Waals surface area contributed by atoms with Gasteiger partial charge in [0.1, 0.15) is 12.4 Å². The molecule has 1 saturated heterocycles. The molecule has 1 aromatic carbocycles. The van der Waals surface area contributed by atoms with Gasteiger partial charge < -0.3 is 4.74 Å². The number of hydrogen-bond acceptors (Lipinski definition) is 2. The van der Waals surface area contributed by atoms with E-state index in [1.54, 1.807) is 0 Å². The van der Waals surface area contributed by atoms with Gasteiger partial charge in [0, 0.05) is 6.04 Å². The molecular weight excluding hydrogens is 198 g/mol. The lowest BCUT2D eigenvalue weighted by molar-refractivity contribution is 0.346. The molecule has 1 aliphatic rings. The minimum atomic E-state index is 0.611. The van der Waals surface area contributed by atoms with Crippen LogP contribution in [-0.2, 0) is 0 Å². The van der Waals surface area contributed by atoms with Gasteiger partial charge in [-0.3, -0.25) is 4.90 Å². The lowest BCUT2D eigenvalue weighted by Gasteiger charge is -2.14. The molecule has 0 N–H and O–H groups in total. The van der Waals surface area contributed by atoms with Crippen molar-refractivity contribution in [2.24, 2.45) is 0 Å². The van der Waals surface area contributed by atoms with Crippen LogP contribution in [0, 0.1) is 0 Å². The van der Waals surface area contributed by atoms with E-state index in [9.17, 15) is 0 Å². The summed E-state index contributed by atoms with van der Waals surface area (Å²) in [5, 5.41) is 0. The normalized spacial score (nSPS) is 21.7.